The lowest BCUT2D eigenvalue weighted by Gasteiger charge is -2.42. The molecule has 0 aliphatic rings. The highest BCUT2D eigenvalue weighted by atomic mass is 16.5. The fourth-order valence-electron chi connectivity index (χ4n) is 2.12. The highest BCUT2D eigenvalue weighted by Crippen LogP contribution is 2.37. The van der Waals surface area contributed by atoms with Gasteiger partial charge in [0.1, 0.15) is 18.3 Å². The van der Waals surface area contributed by atoms with Gasteiger partial charge in [-0.15, -0.1) is 0 Å². The molecule has 0 amide bonds. The van der Waals surface area contributed by atoms with Gasteiger partial charge in [0.05, 0.1) is 11.0 Å². The van der Waals surface area contributed by atoms with Crippen molar-refractivity contribution in [2.24, 2.45) is 10.8 Å². The average Bonchev–Trinajstić information content (AvgIpc) is 2.41. The number of hydrogen-bond donors (Lipinski definition) is 0. The van der Waals surface area contributed by atoms with Gasteiger partial charge in [-0.25, -0.2) is 0 Å². The highest BCUT2D eigenvalue weighted by Gasteiger charge is 2.46. The van der Waals surface area contributed by atoms with Crippen molar-refractivity contribution < 1.29 is 23.9 Å². The number of Topliss-reactive ketones (excluding diaryl/α,β-unsaturated/α-hetero) is 3. The van der Waals surface area contributed by atoms with Crippen molar-refractivity contribution in [2.45, 2.75) is 93.5 Å². The normalized spacial score (nSPS) is 15.0. The molecule has 1 unspecified atom stereocenters. The molecule has 25 heavy (non-hydrogen) atoms. The number of rotatable bonds is 9. The van der Waals surface area contributed by atoms with Gasteiger partial charge >= 0.3 is 0 Å². The molecule has 146 valence electrons. The predicted molar refractivity (Wildman–Crippen MR) is 98.6 cm³/mol. The summed E-state index contributed by atoms with van der Waals surface area (Å²) < 4.78 is 11.5. The summed E-state index contributed by atoms with van der Waals surface area (Å²) in [4.78, 5) is 36.7. The molecular formula is C20H36O5. The second kappa shape index (κ2) is 7.67. The smallest absolute Gasteiger partial charge is 0.166 e. The van der Waals surface area contributed by atoms with Crippen molar-refractivity contribution in [1.29, 1.82) is 0 Å². The van der Waals surface area contributed by atoms with E-state index in [0.717, 1.165) is 0 Å². The van der Waals surface area contributed by atoms with Crippen LogP contribution < -0.4 is 0 Å². The Hall–Kier alpha value is -1.07. The van der Waals surface area contributed by atoms with Crippen LogP contribution in [0.5, 0.6) is 0 Å². The second-order valence-corrected chi connectivity index (χ2v) is 9.29. The summed E-state index contributed by atoms with van der Waals surface area (Å²) in [6.07, 6.45) is -0.628. The fourth-order valence-corrected chi connectivity index (χ4v) is 2.12. The minimum Gasteiger partial charge on any atom is -0.364 e. The van der Waals surface area contributed by atoms with Crippen molar-refractivity contribution in [3.8, 4) is 0 Å². The van der Waals surface area contributed by atoms with Crippen LogP contribution in [0.4, 0.5) is 0 Å². The summed E-state index contributed by atoms with van der Waals surface area (Å²) in [6, 6.07) is 0. The number of ketones is 3. The maximum atomic E-state index is 12.7. The van der Waals surface area contributed by atoms with Gasteiger partial charge in [-0.1, -0.05) is 34.6 Å². The van der Waals surface area contributed by atoms with Gasteiger partial charge in [0.25, 0.3) is 0 Å². The Labute approximate surface area is 152 Å². The summed E-state index contributed by atoms with van der Waals surface area (Å²) in [6.45, 7) is 18.9. The second-order valence-electron chi connectivity index (χ2n) is 9.29. The van der Waals surface area contributed by atoms with Crippen LogP contribution in [-0.4, -0.2) is 41.3 Å². The fraction of sp³-hybridized carbons (Fsp3) is 0.850. The Balaban J connectivity index is 5.17. The molecular weight excluding hydrogens is 320 g/mol. The molecule has 1 atom stereocenters. The van der Waals surface area contributed by atoms with E-state index in [9.17, 15) is 14.4 Å². The standard InChI is InChI=1S/C20H36O5/c1-13(16(23)17(3,4)5)25-20(10,11)18(6,7)15(22)12-24-19(8,9)14(2)21/h13H,12H2,1-11H3. The van der Waals surface area contributed by atoms with Gasteiger partial charge in [-0.3, -0.25) is 14.4 Å². The Bertz CT molecular complexity index is 521. The molecule has 0 aliphatic heterocycles. The average molecular weight is 357 g/mol. The zero-order chi connectivity index (χ0) is 20.4. The molecule has 0 rings (SSSR count). The first-order valence-corrected chi connectivity index (χ1v) is 8.76. The maximum absolute atomic E-state index is 12.7. The van der Waals surface area contributed by atoms with Crippen LogP contribution in [0, 0.1) is 10.8 Å². The van der Waals surface area contributed by atoms with E-state index in [1.165, 1.54) is 6.92 Å². The number of carbonyl (C=O) groups excluding carboxylic acids is 3. The summed E-state index contributed by atoms with van der Waals surface area (Å²) in [7, 11) is 0. The first-order valence-electron chi connectivity index (χ1n) is 8.76. The van der Waals surface area contributed by atoms with Crippen molar-refractivity contribution in [2.75, 3.05) is 6.61 Å². The summed E-state index contributed by atoms with van der Waals surface area (Å²) in [5, 5.41) is 0. The molecule has 0 aromatic carbocycles. The number of carbonyl (C=O) groups is 3. The van der Waals surface area contributed by atoms with E-state index in [1.807, 2.05) is 20.8 Å². The van der Waals surface area contributed by atoms with Crippen molar-refractivity contribution in [3.05, 3.63) is 0 Å². The molecule has 0 saturated heterocycles. The molecule has 5 heteroatoms. The van der Waals surface area contributed by atoms with Gasteiger partial charge in [0.15, 0.2) is 17.3 Å². The molecule has 0 aromatic heterocycles. The Morgan fingerprint density at radius 3 is 1.68 bits per heavy atom. The van der Waals surface area contributed by atoms with Crippen molar-refractivity contribution in [3.63, 3.8) is 0 Å². The Morgan fingerprint density at radius 1 is 0.880 bits per heavy atom. The monoisotopic (exact) mass is 356 g/mol. The third kappa shape index (κ3) is 6.00. The van der Waals surface area contributed by atoms with E-state index in [4.69, 9.17) is 9.47 Å². The van der Waals surface area contributed by atoms with Crippen LogP contribution in [0.15, 0.2) is 0 Å². The van der Waals surface area contributed by atoms with E-state index in [2.05, 4.69) is 0 Å². The van der Waals surface area contributed by atoms with Gasteiger partial charge in [-0.05, 0) is 41.5 Å². The topological polar surface area (TPSA) is 69.7 Å². The lowest BCUT2D eigenvalue weighted by Crippen LogP contribution is -2.52. The number of hydrogen-bond acceptors (Lipinski definition) is 5. The van der Waals surface area contributed by atoms with E-state index in [-0.39, 0.29) is 24.0 Å². The first-order chi connectivity index (χ1) is 10.9. The Kier molecular flexibility index (Phi) is 7.34. The molecule has 0 aliphatic carbocycles. The molecule has 0 aromatic rings. The minimum absolute atomic E-state index is 0.0159. The lowest BCUT2D eigenvalue weighted by molar-refractivity contribution is -0.174. The van der Waals surface area contributed by atoms with Crippen molar-refractivity contribution in [1.82, 2.24) is 0 Å². The van der Waals surface area contributed by atoms with E-state index >= 15 is 0 Å². The molecule has 0 heterocycles. The van der Waals surface area contributed by atoms with Crippen LogP contribution in [0.1, 0.15) is 76.2 Å². The van der Waals surface area contributed by atoms with Crippen LogP contribution in [0.3, 0.4) is 0 Å². The SMILES string of the molecule is CC(=O)C(C)(C)OCC(=O)C(C)(C)C(C)(C)OC(C)C(=O)C(C)(C)C. The molecule has 0 fully saturated rings. The number of ether oxygens (including phenoxy) is 2. The molecule has 0 radical (unpaired) electrons. The third-order valence-electron chi connectivity index (χ3n) is 5.19. The summed E-state index contributed by atoms with van der Waals surface area (Å²) >= 11 is 0. The van der Waals surface area contributed by atoms with Gasteiger partial charge in [0, 0.05) is 5.41 Å². The zero-order valence-electron chi connectivity index (χ0n) is 17.8. The van der Waals surface area contributed by atoms with Crippen LogP contribution >= 0.6 is 0 Å². The van der Waals surface area contributed by atoms with Crippen molar-refractivity contribution >= 4 is 17.3 Å². The van der Waals surface area contributed by atoms with Crippen LogP contribution in [0.25, 0.3) is 0 Å². The van der Waals surface area contributed by atoms with Crippen LogP contribution in [0.2, 0.25) is 0 Å². The third-order valence-corrected chi connectivity index (χ3v) is 5.19. The Morgan fingerprint density at radius 2 is 1.32 bits per heavy atom. The largest absolute Gasteiger partial charge is 0.364 e. The molecule has 0 spiro atoms. The lowest BCUT2D eigenvalue weighted by atomic mass is 9.73. The predicted octanol–water partition coefficient (Wildman–Crippen LogP) is 3.76. The van der Waals surface area contributed by atoms with E-state index in [0.29, 0.717) is 0 Å². The summed E-state index contributed by atoms with van der Waals surface area (Å²) in [5.41, 5.74) is -3.30. The van der Waals surface area contributed by atoms with Crippen LogP contribution in [-0.2, 0) is 23.9 Å². The van der Waals surface area contributed by atoms with E-state index in [1.54, 1.807) is 48.5 Å². The van der Waals surface area contributed by atoms with E-state index < -0.39 is 28.1 Å². The van der Waals surface area contributed by atoms with Gasteiger partial charge in [-0.2, -0.15) is 0 Å². The molecule has 5 nitrogen and oxygen atoms in total. The maximum Gasteiger partial charge on any atom is 0.166 e. The quantitative estimate of drug-likeness (QED) is 0.629. The molecule has 0 saturated carbocycles. The zero-order valence-corrected chi connectivity index (χ0v) is 17.8. The molecule has 0 N–H and O–H groups in total. The first kappa shape index (κ1) is 23.9. The van der Waals surface area contributed by atoms with Gasteiger partial charge in [0.2, 0.25) is 0 Å². The minimum atomic E-state index is -1.01. The highest BCUT2D eigenvalue weighted by molar-refractivity contribution is 5.89. The summed E-state index contributed by atoms with van der Waals surface area (Å²) in [5.74, 6) is -0.335. The molecule has 0 bridgehead atoms. The van der Waals surface area contributed by atoms with Gasteiger partial charge < -0.3 is 9.47 Å².